The van der Waals surface area contributed by atoms with Gasteiger partial charge in [0.15, 0.2) is 12.2 Å². The summed E-state index contributed by atoms with van der Waals surface area (Å²) >= 11 is 0. The van der Waals surface area contributed by atoms with Gasteiger partial charge >= 0.3 is 17.9 Å². The molecule has 2 atom stereocenters. The number of esters is 3. The molecule has 126 valence electrons. The molecular weight excluding hydrogens is 300 g/mol. The summed E-state index contributed by atoms with van der Waals surface area (Å²) in [5.74, 6) is -1.64. The highest BCUT2D eigenvalue weighted by Crippen LogP contribution is 2.09. The number of carbonyl (C=O) groups excluding carboxylic acids is 3. The highest BCUT2D eigenvalue weighted by atomic mass is 16.6. The fourth-order valence-electron chi connectivity index (χ4n) is 1.48. The minimum Gasteiger partial charge on any atom is -0.462 e. The molecule has 0 aromatic rings. The van der Waals surface area contributed by atoms with E-state index in [-0.39, 0.29) is 6.61 Å². The zero-order valence-electron chi connectivity index (χ0n) is 13.6. The van der Waals surface area contributed by atoms with E-state index in [1.54, 1.807) is 36.5 Å². The molecule has 0 fully saturated rings. The van der Waals surface area contributed by atoms with Gasteiger partial charge in [0.2, 0.25) is 0 Å². The van der Waals surface area contributed by atoms with Crippen molar-refractivity contribution < 1.29 is 28.6 Å². The summed E-state index contributed by atoms with van der Waals surface area (Å²) in [5.41, 5.74) is 0. The molecule has 0 saturated heterocycles. The maximum Gasteiger partial charge on any atom is 0.303 e. The Morgan fingerprint density at radius 3 is 1.96 bits per heavy atom. The molecule has 23 heavy (non-hydrogen) atoms. The summed E-state index contributed by atoms with van der Waals surface area (Å²) in [6.45, 7) is 7.01. The normalized spacial score (nSPS) is 13.9. The number of allylic oxidation sites excluding steroid dienone is 6. The summed E-state index contributed by atoms with van der Waals surface area (Å²) in [5, 5.41) is 0. The van der Waals surface area contributed by atoms with E-state index in [2.05, 4.69) is 6.58 Å². The Hall–Kier alpha value is -2.63. The Kier molecular flexibility index (Phi) is 10.6. The number of carbonyl (C=O) groups is 3. The molecule has 0 aliphatic heterocycles. The first kappa shape index (κ1) is 20.4. The SMILES string of the molecule is C=C/C=C/C=C/C=C/[C@H](OC(C)=O)[C@@H](COC(C)=O)OC(C)=O. The highest BCUT2D eigenvalue weighted by molar-refractivity contribution is 5.68. The Labute approximate surface area is 136 Å². The van der Waals surface area contributed by atoms with Crippen LogP contribution in [0.1, 0.15) is 20.8 Å². The molecular formula is C17H22O6. The minimum absolute atomic E-state index is 0.211. The third-order valence-corrected chi connectivity index (χ3v) is 2.32. The first-order valence-corrected chi connectivity index (χ1v) is 6.97. The molecule has 0 heterocycles. The lowest BCUT2D eigenvalue weighted by Gasteiger charge is -2.23. The zero-order valence-corrected chi connectivity index (χ0v) is 13.6. The van der Waals surface area contributed by atoms with Crippen LogP contribution in [0.4, 0.5) is 0 Å². The molecule has 0 spiro atoms. The van der Waals surface area contributed by atoms with E-state index >= 15 is 0 Å². The molecule has 0 rings (SSSR count). The average molecular weight is 322 g/mol. The van der Waals surface area contributed by atoms with E-state index in [1.807, 2.05) is 0 Å². The third kappa shape index (κ3) is 11.7. The second-order valence-electron chi connectivity index (χ2n) is 4.41. The predicted octanol–water partition coefficient (Wildman–Crippen LogP) is 2.27. The molecule has 0 saturated carbocycles. The molecule has 0 aromatic heterocycles. The van der Waals surface area contributed by atoms with Crippen LogP contribution < -0.4 is 0 Å². The van der Waals surface area contributed by atoms with Gasteiger partial charge < -0.3 is 14.2 Å². The van der Waals surface area contributed by atoms with Crippen LogP contribution in [0.25, 0.3) is 0 Å². The molecule has 6 heteroatoms. The van der Waals surface area contributed by atoms with E-state index in [9.17, 15) is 14.4 Å². The van der Waals surface area contributed by atoms with Crippen molar-refractivity contribution in [3.05, 3.63) is 49.1 Å². The Balaban J connectivity index is 5.04. The number of hydrogen-bond acceptors (Lipinski definition) is 6. The van der Waals surface area contributed by atoms with Crippen LogP contribution in [-0.2, 0) is 28.6 Å². The lowest BCUT2D eigenvalue weighted by Crippen LogP contribution is -2.37. The van der Waals surface area contributed by atoms with Gasteiger partial charge in [-0.15, -0.1) is 0 Å². The Morgan fingerprint density at radius 2 is 1.43 bits per heavy atom. The van der Waals surface area contributed by atoms with Gasteiger partial charge in [0.05, 0.1) is 0 Å². The van der Waals surface area contributed by atoms with Crippen molar-refractivity contribution in [3.8, 4) is 0 Å². The second kappa shape index (κ2) is 12.0. The second-order valence-corrected chi connectivity index (χ2v) is 4.41. The van der Waals surface area contributed by atoms with Crippen molar-refractivity contribution in [3.63, 3.8) is 0 Å². The molecule has 0 N–H and O–H groups in total. The molecule has 0 amide bonds. The van der Waals surface area contributed by atoms with Gasteiger partial charge in [-0.2, -0.15) is 0 Å². The van der Waals surface area contributed by atoms with Crippen molar-refractivity contribution in [1.29, 1.82) is 0 Å². The fourth-order valence-corrected chi connectivity index (χ4v) is 1.48. The number of hydrogen-bond donors (Lipinski definition) is 0. The van der Waals surface area contributed by atoms with Gasteiger partial charge in [-0.25, -0.2) is 0 Å². The van der Waals surface area contributed by atoms with Gasteiger partial charge in [-0.05, 0) is 6.08 Å². The molecule has 0 unspecified atom stereocenters. The molecule has 0 aliphatic rings. The van der Waals surface area contributed by atoms with Crippen LogP contribution in [0.2, 0.25) is 0 Å². The van der Waals surface area contributed by atoms with E-state index in [4.69, 9.17) is 14.2 Å². The summed E-state index contributed by atoms with van der Waals surface area (Å²) in [7, 11) is 0. The lowest BCUT2D eigenvalue weighted by atomic mass is 10.2. The molecule has 0 aromatic carbocycles. The van der Waals surface area contributed by atoms with Gasteiger partial charge in [-0.1, -0.05) is 43.0 Å². The maximum atomic E-state index is 11.2. The largest absolute Gasteiger partial charge is 0.462 e. The standard InChI is InChI=1S/C17H22O6/c1-5-6-7-8-9-10-11-16(22-14(3)19)17(23-15(4)20)12-21-13(2)18/h5-11,16-17H,1,12H2,2-4H3/b7-6+,9-8+,11-10+/t16-,17+/m0/s1. The van der Waals surface area contributed by atoms with Crippen molar-refractivity contribution in [2.45, 2.75) is 33.0 Å². The number of rotatable bonds is 9. The average Bonchev–Trinajstić information content (AvgIpc) is 2.45. The van der Waals surface area contributed by atoms with Crippen molar-refractivity contribution in [2.24, 2.45) is 0 Å². The predicted molar refractivity (Wildman–Crippen MR) is 85.4 cm³/mol. The van der Waals surface area contributed by atoms with Gasteiger partial charge in [-0.3, -0.25) is 14.4 Å². The Bertz CT molecular complexity index is 501. The van der Waals surface area contributed by atoms with E-state index < -0.39 is 30.1 Å². The van der Waals surface area contributed by atoms with Crippen LogP contribution in [-0.4, -0.2) is 36.7 Å². The van der Waals surface area contributed by atoms with Crippen LogP contribution in [0, 0.1) is 0 Å². The molecule has 0 aliphatic carbocycles. The molecule has 6 nitrogen and oxygen atoms in total. The first-order chi connectivity index (χ1) is 10.9. The molecule has 0 bridgehead atoms. The summed E-state index contributed by atoms with van der Waals surface area (Å²) in [6, 6.07) is 0. The van der Waals surface area contributed by atoms with E-state index in [1.165, 1.54) is 26.8 Å². The van der Waals surface area contributed by atoms with Crippen molar-refractivity contribution in [2.75, 3.05) is 6.61 Å². The zero-order chi connectivity index (χ0) is 17.7. The van der Waals surface area contributed by atoms with E-state index in [0.717, 1.165) is 0 Å². The third-order valence-electron chi connectivity index (χ3n) is 2.32. The van der Waals surface area contributed by atoms with Crippen LogP contribution in [0.5, 0.6) is 0 Å². The quantitative estimate of drug-likeness (QED) is 0.368. The molecule has 0 radical (unpaired) electrons. The van der Waals surface area contributed by atoms with Crippen LogP contribution in [0.3, 0.4) is 0 Å². The Morgan fingerprint density at radius 1 is 0.870 bits per heavy atom. The maximum absolute atomic E-state index is 11.2. The van der Waals surface area contributed by atoms with E-state index in [0.29, 0.717) is 0 Å². The van der Waals surface area contributed by atoms with Crippen molar-refractivity contribution >= 4 is 17.9 Å². The van der Waals surface area contributed by atoms with Crippen LogP contribution >= 0.6 is 0 Å². The topological polar surface area (TPSA) is 78.9 Å². The van der Waals surface area contributed by atoms with Gasteiger partial charge in [0, 0.05) is 20.8 Å². The number of ether oxygens (including phenoxy) is 3. The van der Waals surface area contributed by atoms with Gasteiger partial charge in [0.25, 0.3) is 0 Å². The van der Waals surface area contributed by atoms with Gasteiger partial charge in [0.1, 0.15) is 6.61 Å². The monoisotopic (exact) mass is 322 g/mol. The van der Waals surface area contributed by atoms with Crippen molar-refractivity contribution in [1.82, 2.24) is 0 Å². The van der Waals surface area contributed by atoms with Crippen LogP contribution in [0.15, 0.2) is 49.1 Å². The smallest absolute Gasteiger partial charge is 0.303 e. The summed E-state index contributed by atoms with van der Waals surface area (Å²) < 4.78 is 15.0. The fraction of sp³-hybridized carbons (Fsp3) is 0.353. The highest BCUT2D eigenvalue weighted by Gasteiger charge is 2.26. The minimum atomic E-state index is -0.923. The lowest BCUT2D eigenvalue weighted by molar-refractivity contribution is -0.169. The summed E-state index contributed by atoms with van der Waals surface area (Å²) in [4.78, 5) is 33.3. The first-order valence-electron chi connectivity index (χ1n) is 6.97. The summed E-state index contributed by atoms with van der Waals surface area (Å²) in [6.07, 6.45) is 9.96.